The van der Waals surface area contributed by atoms with E-state index in [9.17, 15) is 0 Å². The molecule has 0 amide bonds. The highest BCUT2D eigenvalue weighted by molar-refractivity contribution is 5.67. The van der Waals surface area contributed by atoms with Crippen molar-refractivity contribution in [2.45, 2.75) is 20.4 Å². The Bertz CT molecular complexity index is 560. The largest absolute Gasteiger partial charge is 0.377 e. The van der Waals surface area contributed by atoms with Crippen molar-refractivity contribution in [3.05, 3.63) is 29.2 Å². The van der Waals surface area contributed by atoms with Crippen molar-refractivity contribution in [2.75, 3.05) is 19.0 Å². The maximum absolute atomic E-state index is 5.47. The molecule has 0 radical (unpaired) electrons. The summed E-state index contributed by atoms with van der Waals surface area (Å²) in [6.07, 6.45) is 0. The average Bonchev–Trinajstić information content (AvgIpc) is 2.80. The third-order valence-electron chi connectivity index (χ3n) is 3.02. The second kappa shape index (κ2) is 4.78. The lowest BCUT2D eigenvalue weighted by molar-refractivity contribution is 0.380. The topological polar surface area (TPSA) is 68.2 Å². The Hall–Kier alpha value is -1.88. The van der Waals surface area contributed by atoms with Gasteiger partial charge in [0.2, 0.25) is 11.7 Å². The van der Waals surface area contributed by atoms with Gasteiger partial charge in [-0.25, -0.2) is 0 Å². The Morgan fingerprint density at radius 3 is 2.56 bits per heavy atom. The van der Waals surface area contributed by atoms with Gasteiger partial charge in [0.1, 0.15) is 0 Å². The summed E-state index contributed by atoms with van der Waals surface area (Å²) in [6.45, 7) is 4.45. The van der Waals surface area contributed by atoms with Crippen molar-refractivity contribution in [2.24, 2.45) is 5.73 Å². The van der Waals surface area contributed by atoms with E-state index in [2.05, 4.69) is 41.0 Å². The van der Waals surface area contributed by atoms with E-state index in [-0.39, 0.29) is 6.54 Å². The lowest BCUT2D eigenvalue weighted by Crippen LogP contribution is -2.11. The fourth-order valence-corrected chi connectivity index (χ4v) is 1.89. The number of aryl methyl sites for hydroxylation is 1. The standard InChI is InChI=1S/C13H18N4O/c1-8-5-10(6-11(9(8)2)17(3)4)13-15-12(7-14)18-16-13/h5-6H,7,14H2,1-4H3. The normalized spacial score (nSPS) is 10.7. The Morgan fingerprint density at radius 1 is 1.28 bits per heavy atom. The smallest absolute Gasteiger partial charge is 0.240 e. The zero-order valence-electron chi connectivity index (χ0n) is 11.2. The first kappa shape index (κ1) is 12.6. The molecule has 0 unspecified atom stereocenters. The van der Waals surface area contributed by atoms with Crippen LogP contribution in [0.4, 0.5) is 5.69 Å². The van der Waals surface area contributed by atoms with Gasteiger partial charge in [-0.3, -0.25) is 0 Å². The van der Waals surface area contributed by atoms with Gasteiger partial charge in [0.15, 0.2) is 0 Å². The van der Waals surface area contributed by atoms with E-state index in [1.54, 1.807) is 0 Å². The van der Waals surface area contributed by atoms with Gasteiger partial charge in [-0.1, -0.05) is 5.16 Å². The van der Waals surface area contributed by atoms with Gasteiger partial charge < -0.3 is 15.2 Å². The number of hydrogen-bond acceptors (Lipinski definition) is 5. The molecule has 96 valence electrons. The summed E-state index contributed by atoms with van der Waals surface area (Å²) in [5.74, 6) is 1.04. The van der Waals surface area contributed by atoms with E-state index in [1.807, 2.05) is 14.1 Å². The van der Waals surface area contributed by atoms with E-state index >= 15 is 0 Å². The molecule has 2 rings (SSSR count). The summed E-state index contributed by atoms with van der Waals surface area (Å²) in [5.41, 5.74) is 10.0. The fourth-order valence-electron chi connectivity index (χ4n) is 1.89. The van der Waals surface area contributed by atoms with Gasteiger partial charge in [0.25, 0.3) is 0 Å². The van der Waals surface area contributed by atoms with E-state index in [0.717, 1.165) is 11.3 Å². The molecule has 18 heavy (non-hydrogen) atoms. The highest BCUT2D eigenvalue weighted by Crippen LogP contribution is 2.28. The molecular formula is C13H18N4O. The van der Waals surface area contributed by atoms with Crippen LogP contribution in [0.1, 0.15) is 17.0 Å². The number of anilines is 1. The Morgan fingerprint density at radius 2 is 2.00 bits per heavy atom. The summed E-state index contributed by atoms with van der Waals surface area (Å²) in [5, 5.41) is 3.94. The van der Waals surface area contributed by atoms with Gasteiger partial charge in [-0.15, -0.1) is 0 Å². The Kier molecular flexibility index (Phi) is 3.34. The quantitative estimate of drug-likeness (QED) is 0.895. The first-order valence-electron chi connectivity index (χ1n) is 5.84. The number of aromatic nitrogens is 2. The van der Waals surface area contributed by atoms with E-state index in [0.29, 0.717) is 11.7 Å². The van der Waals surface area contributed by atoms with Crippen molar-refractivity contribution in [1.82, 2.24) is 10.1 Å². The van der Waals surface area contributed by atoms with Crippen LogP contribution in [0.15, 0.2) is 16.7 Å². The molecule has 1 heterocycles. The van der Waals surface area contributed by atoms with Gasteiger partial charge in [-0.05, 0) is 37.1 Å². The molecule has 0 saturated carbocycles. The van der Waals surface area contributed by atoms with Crippen molar-refractivity contribution in [3.8, 4) is 11.4 Å². The molecule has 2 aromatic rings. The minimum Gasteiger partial charge on any atom is -0.377 e. The molecule has 5 heteroatoms. The molecule has 0 atom stereocenters. The Balaban J connectivity index is 2.51. The molecule has 0 aliphatic heterocycles. The fraction of sp³-hybridized carbons (Fsp3) is 0.385. The maximum Gasteiger partial charge on any atom is 0.240 e. The van der Waals surface area contributed by atoms with E-state index in [4.69, 9.17) is 10.3 Å². The molecule has 2 N–H and O–H groups in total. The summed E-state index contributed by atoms with van der Waals surface area (Å²) >= 11 is 0. The molecule has 1 aromatic carbocycles. The molecule has 0 saturated heterocycles. The molecule has 0 aliphatic carbocycles. The van der Waals surface area contributed by atoms with Crippen LogP contribution in [0.25, 0.3) is 11.4 Å². The predicted molar refractivity (Wildman–Crippen MR) is 71.4 cm³/mol. The van der Waals surface area contributed by atoms with Crippen LogP contribution in [0.3, 0.4) is 0 Å². The number of hydrogen-bond donors (Lipinski definition) is 1. The van der Waals surface area contributed by atoms with Gasteiger partial charge in [0.05, 0.1) is 6.54 Å². The molecular weight excluding hydrogens is 228 g/mol. The van der Waals surface area contributed by atoms with Gasteiger partial charge >= 0.3 is 0 Å². The number of rotatable bonds is 3. The van der Waals surface area contributed by atoms with Crippen molar-refractivity contribution in [3.63, 3.8) is 0 Å². The number of nitrogens with zero attached hydrogens (tertiary/aromatic N) is 3. The molecule has 1 aromatic heterocycles. The van der Waals surface area contributed by atoms with Crippen LogP contribution in [0.2, 0.25) is 0 Å². The first-order valence-corrected chi connectivity index (χ1v) is 5.84. The van der Waals surface area contributed by atoms with Crippen LogP contribution in [0.5, 0.6) is 0 Å². The van der Waals surface area contributed by atoms with Crippen molar-refractivity contribution in [1.29, 1.82) is 0 Å². The van der Waals surface area contributed by atoms with Gasteiger partial charge in [-0.2, -0.15) is 4.98 Å². The van der Waals surface area contributed by atoms with Crippen LogP contribution < -0.4 is 10.6 Å². The molecule has 5 nitrogen and oxygen atoms in total. The van der Waals surface area contributed by atoms with Crippen molar-refractivity contribution < 1.29 is 4.52 Å². The zero-order chi connectivity index (χ0) is 13.3. The summed E-state index contributed by atoms with van der Waals surface area (Å²) in [7, 11) is 4.04. The average molecular weight is 246 g/mol. The molecule has 0 aliphatic rings. The maximum atomic E-state index is 5.47. The summed E-state index contributed by atoms with van der Waals surface area (Å²) in [4.78, 5) is 6.33. The highest BCUT2D eigenvalue weighted by Gasteiger charge is 2.12. The lowest BCUT2D eigenvalue weighted by atomic mass is 10.0. The van der Waals surface area contributed by atoms with Crippen LogP contribution >= 0.6 is 0 Å². The van der Waals surface area contributed by atoms with E-state index in [1.165, 1.54) is 11.1 Å². The third kappa shape index (κ3) is 2.22. The monoisotopic (exact) mass is 246 g/mol. The highest BCUT2D eigenvalue weighted by atomic mass is 16.5. The number of nitrogens with two attached hydrogens (primary N) is 1. The summed E-state index contributed by atoms with van der Waals surface area (Å²) in [6, 6.07) is 4.13. The third-order valence-corrected chi connectivity index (χ3v) is 3.02. The predicted octanol–water partition coefficient (Wildman–Crippen LogP) is 1.88. The first-order chi connectivity index (χ1) is 8.52. The lowest BCUT2D eigenvalue weighted by Gasteiger charge is -2.18. The van der Waals surface area contributed by atoms with Crippen LogP contribution in [-0.2, 0) is 6.54 Å². The van der Waals surface area contributed by atoms with Gasteiger partial charge in [0, 0.05) is 25.3 Å². The minimum absolute atomic E-state index is 0.262. The van der Waals surface area contributed by atoms with Crippen LogP contribution in [-0.4, -0.2) is 24.2 Å². The summed E-state index contributed by atoms with van der Waals surface area (Å²) < 4.78 is 5.04. The second-order valence-electron chi connectivity index (χ2n) is 4.55. The zero-order valence-corrected chi connectivity index (χ0v) is 11.2. The Labute approximate surface area is 107 Å². The SMILES string of the molecule is Cc1cc(-c2noc(CN)n2)cc(N(C)C)c1C. The minimum atomic E-state index is 0.262. The number of benzene rings is 1. The molecule has 0 bridgehead atoms. The molecule has 0 spiro atoms. The van der Waals surface area contributed by atoms with E-state index < -0.39 is 0 Å². The second-order valence-corrected chi connectivity index (χ2v) is 4.55. The van der Waals surface area contributed by atoms with Crippen LogP contribution in [0, 0.1) is 13.8 Å². The van der Waals surface area contributed by atoms with Crippen molar-refractivity contribution >= 4 is 5.69 Å². The molecule has 0 fully saturated rings.